The second kappa shape index (κ2) is 7.91. The SMILES string of the molecule is CC(C)CN(C(=O)CN)C1CCCCC1.Cl. The zero-order valence-corrected chi connectivity index (χ0v) is 11.3. The van der Waals surface area contributed by atoms with Crippen LogP contribution >= 0.6 is 12.4 Å². The van der Waals surface area contributed by atoms with E-state index in [1.807, 2.05) is 4.90 Å². The van der Waals surface area contributed by atoms with Crippen molar-refractivity contribution in [3.05, 3.63) is 0 Å². The van der Waals surface area contributed by atoms with Crippen molar-refractivity contribution in [3.8, 4) is 0 Å². The maximum absolute atomic E-state index is 11.7. The molecule has 1 rings (SSSR count). The fourth-order valence-corrected chi connectivity index (χ4v) is 2.36. The second-order valence-corrected chi connectivity index (χ2v) is 4.94. The number of carbonyl (C=O) groups excluding carboxylic acids is 1. The van der Waals surface area contributed by atoms with Gasteiger partial charge in [0.05, 0.1) is 6.54 Å². The Kier molecular flexibility index (Phi) is 7.77. The molecule has 0 unspecified atom stereocenters. The molecule has 1 amide bonds. The lowest BCUT2D eigenvalue weighted by molar-refractivity contribution is -0.133. The van der Waals surface area contributed by atoms with Gasteiger partial charge in [0.25, 0.3) is 0 Å². The number of halogens is 1. The minimum Gasteiger partial charge on any atom is -0.338 e. The summed E-state index contributed by atoms with van der Waals surface area (Å²) >= 11 is 0. The zero-order chi connectivity index (χ0) is 11.3. The van der Waals surface area contributed by atoms with E-state index in [0.717, 1.165) is 6.54 Å². The van der Waals surface area contributed by atoms with Crippen LogP contribution in [0.15, 0.2) is 0 Å². The fraction of sp³-hybridized carbons (Fsp3) is 0.917. The molecule has 96 valence electrons. The molecule has 0 radical (unpaired) electrons. The van der Waals surface area contributed by atoms with Crippen molar-refractivity contribution in [2.45, 2.75) is 52.0 Å². The van der Waals surface area contributed by atoms with E-state index in [2.05, 4.69) is 13.8 Å². The molecule has 1 aliphatic rings. The molecule has 0 aromatic heterocycles. The van der Waals surface area contributed by atoms with E-state index < -0.39 is 0 Å². The number of nitrogens with zero attached hydrogens (tertiary/aromatic N) is 1. The van der Waals surface area contributed by atoms with Gasteiger partial charge >= 0.3 is 0 Å². The van der Waals surface area contributed by atoms with Crippen LogP contribution in [0.3, 0.4) is 0 Å². The van der Waals surface area contributed by atoms with Crippen molar-refractivity contribution < 1.29 is 4.79 Å². The molecular formula is C12H25ClN2O. The molecule has 0 aliphatic heterocycles. The number of hydrogen-bond acceptors (Lipinski definition) is 2. The first-order valence-electron chi connectivity index (χ1n) is 6.14. The smallest absolute Gasteiger partial charge is 0.236 e. The second-order valence-electron chi connectivity index (χ2n) is 4.94. The van der Waals surface area contributed by atoms with Crippen LogP contribution in [-0.4, -0.2) is 29.9 Å². The van der Waals surface area contributed by atoms with Gasteiger partial charge in [-0.3, -0.25) is 4.79 Å². The quantitative estimate of drug-likeness (QED) is 0.829. The van der Waals surface area contributed by atoms with E-state index >= 15 is 0 Å². The van der Waals surface area contributed by atoms with Crippen LogP contribution in [0.25, 0.3) is 0 Å². The van der Waals surface area contributed by atoms with Gasteiger partial charge < -0.3 is 10.6 Å². The molecule has 0 aromatic carbocycles. The van der Waals surface area contributed by atoms with Gasteiger partial charge in [0.1, 0.15) is 0 Å². The summed E-state index contributed by atoms with van der Waals surface area (Å²) in [6, 6.07) is 0.456. The number of nitrogens with two attached hydrogens (primary N) is 1. The molecule has 1 fully saturated rings. The minimum atomic E-state index is 0. The van der Waals surface area contributed by atoms with Gasteiger partial charge in [-0.25, -0.2) is 0 Å². The Morgan fingerprint density at radius 3 is 2.31 bits per heavy atom. The molecule has 1 saturated carbocycles. The van der Waals surface area contributed by atoms with E-state index in [1.165, 1.54) is 32.1 Å². The van der Waals surface area contributed by atoms with Crippen molar-refractivity contribution in [2.24, 2.45) is 11.7 Å². The lowest BCUT2D eigenvalue weighted by Gasteiger charge is -2.35. The highest BCUT2D eigenvalue weighted by Crippen LogP contribution is 2.23. The summed E-state index contributed by atoms with van der Waals surface area (Å²) in [5, 5.41) is 0. The summed E-state index contributed by atoms with van der Waals surface area (Å²) in [6.45, 7) is 5.32. The number of rotatable bonds is 4. The average Bonchev–Trinajstić information content (AvgIpc) is 2.26. The summed E-state index contributed by atoms with van der Waals surface area (Å²) in [5.41, 5.74) is 5.46. The van der Waals surface area contributed by atoms with Gasteiger partial charge in [0.2, 0.25) is 5.91 Å². The van der Waals surface area contributed by atoms with E-state index in [4.69, 9.17) is 5.73 Å². The molecule has 0 atom stereocenters. The summed E-state index contributed by atoms with van der Waals surface area (Å²) in [4.78, 5) is 13.8. The predicted octanol–water partition coefficient (Wildman–Crippen LogP) is 2.18. The zero-order valence-electron chi connectivity index (χ0n) is 10.4. The molecule has 2 N–H and O–H groups in total. The lowest BCUT2D eigenvalue weighted by Crippen LogP contribution is -2.46. The third-order valence-electron chi connectivity index (χ3n) is 3.07. The third kappa shape index (κ3) is 4.71. The molecule has 0 spiro atoms. The van der Waals surface area contributed by atoms with E-state index in [1.54, 1.807) is 0 Å². The Hall–Kier alpha value is -0.280. The number of carbonyl (C=O) groups is 1. The Bertz CT molecular complexity index is 203. The maximum Gasteiger partial charge on any atom is 0.236 e. The summed E-state index contributed by atoms with van der Waals surface area (Å²) in [5.74, 6) is 0.651. The van der Waals surface area contributed by atoms with E-state index in [-0.39, 0.29) is 24.9 Å². The first-order chi connectivity index (χ1) is 7.15. The molecular weight excluding hydrogens is 224 g/mol. The van der Waals surface area contributed by atoms with Crippen molar-refractivity contribution in [3.63, 3.8) is 0 Å². The molecule has 3 nitrogen and oxygen atoms in total. The van der Waals surface area contributed by atoms with E-state index in [0.29, 0.717) is 12.0 Å². The highest BCUT2D eigenvalue weighted by Gasteiger charge is 2.24. The van der Waals surface area contributed by atoms with Crippen LogP contribution in [-0.2, 0) is 4.79 Å². The normalized spacial score (nSPS) is 17.0. The van der Waals surface area contributed by atoms with Gasteiger partial charge in [0, 0.05) is 12.6 Å². The van der Waals surface area contributed by atoms with Crippen molar-refractivity contribution >= 4 is 18.3 Å². The number of amides is 1. The highest BCUT2D eigenvalue weighted by atomic mass is 35.5. The van der Waals surface area contributed by atoms with Gasteiger partial charge in [-0.15, -0.1) is 12.4 Å². The minimum absolute atomic E-state index is 0. The van der Waals surface area contributed by atoms with E-state index in [9.17, 15) is 4.79 Å². The predicted molar refractivity (Wildman–Crippen MR) is 69.7 cm³/mol. The molecule has 16 heavy (non-hydrogen) atoms. The summed E-state index contributed by atoms with van der Waals surface area (Å²) < 4.78 is 0. The Labute approximate surface area is 105 Å². The van der Waals surface area contributed by atoms with Crippen LogP contribution in [0.5, 0.6) is 0 Å². The van der Waals surface area contributed by atoms with Crippen molar-refractivity contribution in [1.82, 2.24) is 4.90 Å². The monoisotopic (exact) mass is 248 g/mol. The summed E-state index contributed by atoms with van der Waals surface area (Å²) in [7, 11) is 0. The number of hydrogen-bond donors (Lipinski definition) is 1. The highest BCUT2D eigenvalue weighted by molar-refractivity contribution is 5.85. The molecule has 1 aliphatic carbocycles. The first kappa shape index (κ1) is 15.7. The topological polar surface area (TPSA) is 46.3 Å². The van der Waals surface area contributed by atoms with Crippen LogP contribution in [0.4, 0.5) is 0 Å². The lowest BCUT2D eigenvalue weighted by atomic mass is 9.93. The van der Waals surface area contributed by atoms with Crippen LogP contribution in [0.1, 0.15) is 46.0 Å². The third-order valence-corrected chi connectivity index (χ3v) is 3.07. The Morgan fingerprint density at radius 1 is 1.31 bits per heavy atom. The Morgan fingerprint density at radius 2 is 1.88 bits per heavy atom. The van der Waals surface area contributed by atoms with Crippen molar-refractivity contribution in [2.75, 3.05) is 13.1 Å². The fourth-order valence-electron chi connectivity index (χ4n) is 2.36. The summed E-state index contributed by atoms with van der Waals surface area (Å²) in [6.07, 6.45) is 6.17. The van der Waals surface area contributed by atoms with Crippen molar-refractivity contribution in [1.29, 1.82) is 0 Å². The molecule has 4 heteroatoms. The maximum atomic E-state index is 11.7. The molecule has 0 aromatic rings. The van der Waals surface area contributed by atoms with Crippen LogP contribution in [0, 0.1) is 5.92 Å². The average molecular weight is 249 g/mol. The molecule has 0 bridgehead atoms. The van der Waals surface area contributed by atoms with Gasteiger partial charge in [-0.05, 0) is 18.8 Å². The molecule has 0 heterocycles. The van der Waals surface area contributed by atoms with Gasteiger partial charge in [0.15, 0.2) is 0 Å². The van der Waals surface area contributed by atoms with Gasteiger partial charge in [-0.1, -0.05) is 33.1 Å². The van der Waals surface area contributed by atoms with Gasteiger partial charge in [-0.2, -0.15) is 0 Å². The van der Waals surface area contributed by atoms with Crippen LogP contribution in [0.2, 0.25) is 0 Å². The standard InChI is InChI=1S/C12H24N2O.ClH/c1-10(2)9-14(12(15)8-13)11-6-4-3-5-7-11;/h10-11H,3-9,13H2,1-2H3;1H. The molecule has 0 saturated heterocycles. The Balaban J connectivity index is 0.00000225. The largest absolute Gasteiger partial charge is 0.338 e. The van der Waals surface area contributed by atoms with Crippen LogP contribution < -0.4 is 5.73 Å². The first-order valence-corrected chi connectivity index (χ1v) is 6.14.